The standard InChI is InChI=1S/C19H31N5O4S.HI/c1-3-20-19(23-15-9-13-24(14-10-15)29(27,28)4-2)22-12-11-21-18(26)16-7-5-6-8-17(16)25;/h5-8,15,25H,3-4,9-14H2,1-2H3,(H,21,26)(H2,20,22,23);1H. The maximum Gasteiger partial charge on any atom is 0.255 e. The van der Waals surface area contributed by atoms with Crippen LogP contribution in [0.5, 0.6) is 5.75 Å². The van der Waals surface area contributed by atoms with E-state index in [-0.39, 0.29) is 53.0 Å². The Morgan fingerprint density at radius 2 is 1.87 bits per heavy atom. The molecule has 170 valence electrons. The van der Waals surface area contributed by atoms with E-state index in [1.807, 2.05) is 6.92 Å². The summed E-state index contributed by atoms with van der Waals surface area (Å²) in [6.07, 6.45) is 1.43. The zero-order valence-electron chi connectivity index (χ0n) is 17.4. The molecule has 0 aromatic heterocycles. The van der Waals surface area contributed by atoms with Gasteiger partial charge in [-0.1, -0.05) is 12.1 Å². The topological polar surface area (TPSA) is 123 Å². The average molecular weight is 553 g/mol. The molecule has 0 atom stereocenters. The molecule has 1 aromatic rings. The van der Waals surface area contributed by atoms with E-state index in [9.17, 15) is 18.3 Å². The second kappa shape index (κ2) is 13.0. The minimum Gasteiger partial charge on any atom is -0.507 e. The minimum atomic E-state index is -3.13. The van der Waals surface area contributed by atoms with E-state index in [0.29, 0.717) is 51.5 Å². The van der Waals surface area contributed by atoms with E-state index in [2.05, 4.69) is 20.9 Å². The van der Waals surface area contributed by atoms with E-state index in [0.717, 1.165) is 0 Å². The Kier molecular flexibility index (Phi) is 11.4. The molecule has 4 N–H and O–H groups in total. The van der Waals surface area contributed by atoms with Crippen molar-refractivity contribution < 1.29 is 18.3 Å². The van der Waals surface area contributed by atoms with Gasteiger partial charge in [-0.05, 0) is 38.8 Å². The summed E-state index contributed by atoms with van der Waals surface area (Å²) in [7, 11) is -3.13. The number of hydrogen-bond donors (Lipinski definition) is 4. The summed E-state index contributed by atoms with van der Waals surface area (Å²) in [5.74, 6) is 0.364. The predicted molar refractivity (Wildman–Crippen MR) is 129 cm³/mol. The summed E-state index contributed by atoms with van der Waals surface area (Å²) in [6.45, 7) is 6.03. The third-order valence-electron chi connectivity index (χ3n) is 4.71. The SMILES string of the molecule is CCNC(=NCCNC(=O)c1ccccc1O)NC1CCN(S(=O)(=O)CC)CC1.I. The third kappa shape index (κ3) is 7.91. The fourth-order valence-corrected chi connectivity index (χ4v) is 4.20. The fraction of sp³-hybridized carbons (Fsp3) is 0.579. The summed E-state index contributed by atoms with van der Waals surface area (Å²) in [5.41, 5.74) is 0.232. The number of nitrogens with zero attached hydrogens (tertiary/aromatic N) is 2. The number of carbonyl (C=O) groups excluding carboxylic acids is 1. The van der Waals surface area contributed by atoms with Crippen molar-refractivity contribution in [2.45, 2.75) is 32.7 Å². The van der Waals surface area contributed by atoms with Gasteiger partial charge in [-0.15, -0.1) is 24.0 Å². The molecule has 0 saturated carbocycles. The number of amides is 1. The second-order valence-corrected chi connectivity index (χ2v) is 9.01. The lowest BCUT2D eigenvalue weighted by atomic mass is 10.1. The maximum atomic E-state index is 12.1. The lowest BCUT2D eigenvalue weighted by Crippen LogP contribution is -2.50. The molecule has 1 fully saturated rings. The average Bonchev–Trinajstić information content (AvgIpc) is 2.72. The molecule has 0 aliphatic carbocycles. The Bertz CT molecular complexity index is 811. The first-order valence-corrected chi connectivity index (χ1v) is 11.6. The molecule has 0 unspecified atom stereocenters. The van der Waals surface area contributed by atoms with Gasteiger partial charge in [0, 0.05) is 32.2 Å². The molecule has 9 nitrogen and oxygen atoms in total. The van der Waals surface area contributed by atoms with Crippen LogP contribution in [0, 0.1) is 0 Å². The largest absolute Gasteiger partial charge is 0.507 e. The van der Waals surface area contributed by atoms with Crippen molar-refractivity contribution in [2.24, 2.45) is 4.99 Å². The summed E-state index contributed by atoms with van der Waals surface area (Å²) in [4.78, 5) is 16.5. The second-order valence-electron chi connectivity index (χ2n) is 6.75. The molecule has 1 heterocycles. The van der Waals surface area contributed by atoms with Gasteiger partial charge in [-0.2, -0.15) is 0 Å². The summed E-state index contributed by atoms with van der Waals surface area (Å²) in [5, 5.41) is 19.0. The number of rotatable bonds is 8. The van der Waals surface area contributed by atoms with Crippen LogP contribution in [0.15, 0.2) is 29.3 Å². The van der Waals surface area contributed by atoms with Crippen LogP contribution in [0.4, 0.5) is 0 Å². The van der Waals surface area contributed by atoms with Crippen LogP contribution in [-0.4, -0.2) is 74.2 Å². The number of guanidine groups is 1. The normalized spacial score (nSPS) is 15.9. The van der Waals surface area contributed by atoms with Gasteiger partial charge in [0.1, 0.15) is 5.75 Å². The molecule has 0 spiro atoms. The van der Waals surface area contributed by atoms with Crippen LogP contribution in [-0.2, 0) is 10.0 Å². The summed E-state index contributed by atoms with van der Waals surface area (Å²) >= 11 is 0. The molecule has 0 bridgehead atoms. The number of hydrogen-bond acceptors (Lipinski definition) is 5. The Labute approximate surface area is 195 Å². The molecule has 0 radical (unpaired) electrons. The van der Waals surface area contributed by atoms with Gasteiger partial charge in [0.05, 0.1) is 17.9 Å². The van der Waals surface area contributed by atoms with Crippen LogP contribution in [0.2, 0.25) is 0 Å². The zero-order chi connectivity index (χ0) is 21.3. The number of carbonyl (C=O) groups is 1. The number of para-hydroxylation sites is 1. The van der Waals surface area contributed by atoms with Gasteiger partial charge in [0.25, 0.3) is 5.91 Å². The first kappa shape index (κ1) is 26.4. The molecule has 2 rings (SSSR count). The van der Waals surface area contributed by atoms with E-state index < -0.39 is 10.0 Å². The monoisotopic (exact) mass is 553 g/mol. The van der Waals surface area contributed by atoms with Crippen molar-refractivity contribution in [2.75, 3.05) is 38.5 Å². The van der Waals surface area contributed by atoms with Crippen LogP contribution in [0.3, 0.4) is 0 Å². The Hall–Kier alpha value is -1.60. The van der Waals surface area contributed by atoms with Crippen LogP contribution in [0.25, 0.3) is 0 Å². The number of benzene rings is 1. The first-order valence-electron chi connectivity index (χ1n) is 9.96. The molecule has 1 aromatic carbocycles. The molecule has 1 aliphatic heterocycles. The molecule has 30 heavy (non-hydrogen) atoms. The van der Waals surface area contributed by atoms with Crippen molar-refractivity contribution in [3.05, 3.63) is 29.8 Å². The van der Waals surface area contributed by atoms with Crippen molar-refractivity contribution in [3.8, 4) is 5.75 Å². The molecule has 1 aliphatic rings. The highest BCUT2D eigenvalue weighted by Crippen LogP contribution is 2.15. The van der Waals surface area contributed by atoms with E-state index in [4.69, 9.17) is 0 Å². The van der Waals surface area contributed by atoms with Gasteiger partial charge >= 0.3 is 0 Å². The van der Waals surface area contributed by atoms with Crippen LogP contribution >= 0.6 is 24.0 Å². The quantitative estimate of drug-likeness (QED) is 0.166. The number of piperidine rings is 1. The van der Waals surface area contributed by atoms with Crippen LogP contribution in [0.1, 0.15) is 37.0 Å². The van der Waals surface area contributed by atoms with Gasteiger partial charge in [-0.25, -0.2) is 12.7 Å². The fourth-order valence-electron chi connectivity index (χ4n) is 3.07. The Balaban J connectivity index is 0.00000450. The maximum absolute atomic E-state index is 12.1. The number of phenolic OH excluding ortho intramolecular Hbond substituents is 1. The molecule has 11 heteroatoms. The van der Waals surface area contributed by atoms with Crippen molar-refractivity contribution in [1.82, 2.24) is 20.3 Å². The predicted octanol–water partition coefficient (Wildman–Crippen LogP) is 1.11. The lowest BCUT2D eigenvalue weighted by Gasteiger charge is -2.32. The number of nitrogens with one attached hydrogen (secondary N) is 3. The van der Waals surface area contributed by atoms with E-state index in [1.165, 1.54) is 6.07 Å². The first-order chi connectivity index (χ1) is 13.9. The van der Waals surface area contributed by atoms with E-state index in [1.54, 1.807) is 29.4 Å². The highest BCUT2D eigenvalue weighted by molar-refractivity contribution is 14.0. The number of halogens is 1. The van der Waals surface area contributed by atoms with Crippen molar-refractivity contribution in [3.63, 3.8) is 0 Å². The van der Waals surface area contributed by atoms with Crippen molar-refractivity contribution in [1.29, 1.82) is 0 Å². The molecule has 1 saturated heterocycles. The smallest absolute Gasteiger partial charge is 0.255 e. The Morgan fingerprint density at radius 1 is 1.20 bits per heavy atom. The third-order valence-corrected chi connectivity index (χ3v) is 6.59. The number of aliphatic imine (C=N–C) groups is 1. The molecular formula is C19H32IN5O4S. The highest BCUT2D eigenvalue weighted by Gasteiger charge is 2.26. The summed E-state index contributed by atoms with van der Waals surface area (Å²) < 4.78 is 25.5. The number of sulfonamides is 1. The van der Waals surface area contributed by atoms with E-state index >= 15 is 0 Å². The summed E-state index contributed by atoms with van der Waals surface area (Å²) in [6, 6.07) is 6.53. The minimum absolute atomic E-state index is 0. The molecular weight excluding hydrogens is 521 g/mol. The van der Waals surface area contributed by atoms with Gasteiger partial charge in [-0.3, -0.25) is 9.79 Å². The van der Waals surface area contributed by atoms with Gasteiger partial charge < -0.3 is 21.1 Å². The zero-order valence-corrected chi connectivity index (χ0v) is 20.6. The van der Waals surface area contributed by atoms with Gasteiger partial charge in [0.2, 0.25) is 10.0 Å². The lowest BCUT2D eigenvalue weighted by molar-refractivity contribution is 0.0952. The number of phenols is 1. The van der Waals surface area contributed by atoms with Crippen molar-refractivity contribution >= 4 is 45.9 Å². The Morgan fingerprint density at radius 3 is 2.47 bits per heavy atom. The van der Waals surface area contributed by atoms with Crippen LogP contribution < -0.4 is 16.0 Å². The number of aromatic hydroxyl groups is 1. The molecule has 1 amide bonds. The van der Waals surface area contributed by atoms with Gasteiger partial charge in [0.15, 0.2) is 5.96 Å². The highest BCUT2D eigenvalue weighted by atomic mass is 127.